The molecule has 0 aromatic heterocycles. The van der Waals surface area contributed by atoms with Crippen LogP contribution in [-0.4, -0.2) is 12.1 Å². The molecule has 0 saturated heterocycles. The van der Waals surface area contributed by atoms with Crippen molar-refractivity contribution in [2.45, 2.75) is 44.7 Å². The first-order valence-corrected chi connectivity index (χ1v) is 4.86. The van der Waals surface area contributed by atoms with E-state index in [4.69, 9.17) is 0 Å². The van der Waals surface area contributed by atoms with Crippen LogP contribution in [0.3, 0.4) is 0 Å². The minimum atomic E-state index is 0.565. The summed E-state index contributed by atoms with van der Waals surface area (Å²) in [5, 5.41) is 3.56. The Balaban J connectivity index is 2.24. The van der Waals surface area contributed by atoms with E-state index in [0.29, 0.717) is 12.1 Å². The lowest BCUT2D eigenvalue weighted by atomic mass is 10.0. The molecule has 0 heterocycles. The Bertz CT molecular complexity index is 160. The van der Waals surface area contributed by atoms with Gasteiger partial charge in [-0.1, -0.05) is 18.2 Å². The molecule has 0 aromatic carbocycles. The zero-order valence-electron chi connectivity index (χ0n) is 7.92. The maximum Gasteiger partial charge on any atom is 0.0252 e. The smallest absolute Gasteiger partial charge is 0.0252 e. The first kappa shape index (κ1) is 9.53. The van der Waals surface area contributed by atoms with Gasteiger partial charge in [0, 0.05) is 12.1 Å². The summed E-state index contributed by atoms with van der Waals surface area (Å²) in [6, 6.07) is 1.17. The van der Waals surface area contributed by atoms with Gasteiger partial charge in [0.15, 0.2) is 0 Å². The van der Waals surface area contributed by atoms with Gasteiger partial charge in [0.25, 0.3) is 0 Å². The highest BCUT2D eigenvalue weighted by molar-refractivity contribution is 4.98. The Labute approximate surface area is 75.6 Å². The van der Waals surface area contributed by atoms with Gasteiger partial charge in [-0.2, -0.15) is 0 Å². The van der Waals surface area contributed by atoms with E-state index in [9.17, 15) is 0 Å². The van der Waals surface area contributed by atoms with Crippen LogP contribution in [-0.2, 0) is 0 Å². The van der Waals surface area contributed by atoms with Gasteiger partial charge in [0.2, 0.25) is 0 Å². The van der Waals surface area contributed by atoms with Crippen LogP contribution in [0.25, 0.3) is 0 Å². The summed E-state index contributed by atoms with van der Waals surface area (Å²) in [4.78, 5) is 0. The lowest BCUT2D eigenvalue weighted by Gasteiger charge is -2.21. The first-order chi connectivity index (χ1) is 5.83. The van der Waals surface area contributed by atoms with Gasteiger partial charge in [0.1, 0.15) is 0 Å². The Kier molecular flexibility index (Phi) is 4.09. The topological polar surface area (TPSA) is 12.0 Å². The quantitative estimate of drug-likeness (QED) is 0.631. The fourth-order valence-corrected chi connectivity index (χ4v) is 1.63. The van der Waals surface area contributed by atoms with Gasteiger partial charge < -0.3 is 5.32 Å². The number of hydrogen-bond acceptors (Lipinski definition) is 1. The van der Waals surface area contributed by atoms with Crippen molar-refractivity contribution >= 4 is 0 Å². The molecule has 1 rings (SSSR count). The van der Waals surface area contributed by atoms with E-state index in [1.54, 1.807) is 0 Å². The zero-order valence-corrected chi connectivity index (χ0v) is 7.92. The van der Waals surface area contributed by atoms with Crippen LogP contribution in [0.1, 0.15) is 32.6 Å². The molecule has 0 fully saturated rings. The highest BCUT2D eigenvalue weighted by Crippen LogP contribution is 2.11. The average Bonchev–Trinajstić information content (AvgIpc) is 2.06. The zero-order chi connectivity index (χ0) is 8.81. The lowest BCUT2D eigenvalue weighted by molar-refractivity contribution is 0.459. The molecule has 1 heteroatoms. The number of nitrogens with one attached hydrogen (secondary N) is 1. The van der Waals surface area contributed by atoms with E-state index in [1.807, 2.05) is 6.08 Å². The van der Waals surface area contributed by atoms with E-state index in [0.717, 1.165) is 6.42 Å². The molecule has 1 aliphatic rings. The molecule has 0 saturated carbocycles. The van der Waals surface area contributed by atoms with Gasteiger partial charge >= 0.3 is 0 Å². The van der Waals surface area contributed by atoms with Crippen LogP contribution in [0.2, 0.25) is 0 Å². The van der Waals surface area contributed by atoms with Gasteiger partial charge in [-0.25, -0.2) is 0 Å². The highest BCUT2D eigenvalue weighted by atomic mass is 14.9. The van der Waals surface area contributed by atoms with Crippen molar-refractivity contribution in [2.24, 2.45) is 0 Å². The minimum Gasteiger partial charge on any atom is -0.308 e. The summed E-state index contributed by atoms with van der Waals surface area (Å²) < 4.78 is 0. The summed E-state index contributed by atoms with van der Waals surface area (Å²) in [7, 11) is 0. The normalized spacial score (nSPS) is 25.2. The third kappa shape index (κ3) is 3.22. The molecule has 1 nitrogen and oxygen atoms in total. The number of rotatable bonds is 4. The number of hydrogen-bond donors (Lipinski definition) is 1. The van der Waals surface area contributed by atoms with E-state index >= 15 is 0 Å². The van der Waals surface area contributed by atoms with Gasteiger partial charge in [-0.15, -0.1) is 6.58 Å². The van der Waals surface area contributed by atoms with Crippen LogP contribution in [0.15, 0.2) is 24.8 Å². The predicted octanol–water partition coefficient (Wildman–Crippen LogP) is 2.65. The Morgan fingerprint density at radius 3 is 3.17 bits per heavy atom. The molecule has 0 amide bonds. The van der Waals surface area contributed by atoms with Crippen molar-refractivity contribution in [3.63, 3.8) is 0 Å². The molecular weight excluding hydrogens is 146 g/mol. The molecular formula is C11H19N. The average molecular weight is 165 g/mol. The molecule has 1 aliphatic carbocycles. The van der Waals surface area contributed by atoms with Gasteiger partial charge in [0.05, 0.1) is 0 Å². The second kappa shape index (κ2) is 5.15. The number of allylic oxidation sites excluding steroid dienone is 1. The fourth-order valence-electron chi connectivity index (χ4n) is 1.63. The van der Waals surface area contributed by atoms with E-state index in [2.05, 4.69) is 31.0 Å². The van der Waals surface area contributed by atoms with Crippen LogP contribution in [0.4, 0.5) is 0 Å². The maximum absolute atomic E-state index is 3.74. The molecule has 1 N–H and O–H groups in total. The monoisotopic (exact) mass is 165 g/mol. The van der Waals surface area contributed by atoms with Gasteiger partial charge in [-0.3, -0.25) is 0 Å². The molecule has 0 aromatic rings. The second-order valence-corrected chi connectivity index (χ2v) is 3.56. The second-order valence-electron chi connectivity index (χ2n) is 3.56. The van der Waals surface area contributed by atoms with Crippen molar-refractivity contribution in [1.29, 1.82) is 0 Å². The largest absolute Gasteiger partial charge is 0.308 e. The molecule has 0 aliphatic heterocycles. The third-order valence-electron chi connectivity index (χ3n) is 2.27. The summed E-state index contributed by atoms with van der Waals surface area (Å²) in [6.07, 6.45) is 11.5. The molecule has 0 bridgehead atoms. The molecule has 0 radical (unpaired) electrons. The Morgan fingerprint density at radius 2 is 2.58 bits per heavy atom. The predicted molar refractivity (Wildman–Crippen MR) is 54.2 cm³/mol. The van der Waals surface area contributed by atoms with Crippen molar-refractivity contribution in [1.82, 2.24) is 5.32 Å². The summed E-state index contributed by atoms with van der Waals surface area (Å²) >= 11 is 0. The van der Waals surface area contributed by atoms with Crippen molar-refractivity contribution < 1.29 is 0 Å². The van der Waals surface area contributed by atoms with Crippen LogP contribution in [0.5, 0.6) is 0 Å². The summed E-state index contributed by atoms with van der Waals surface area (Å²) in [5.41, 5.74) is 0. The molecule has 2 atom stereocenters. The van der Waals surface area contributed by atoms with E-state index < -0.39 is 0 Å². The third-order valence-corrected chi connectivity index (χ3v) is 2.27. The highest BCUT2D eigenvalue weighted by Gasteiger charge is 2.09. The lowest BCUT2D eigenvalue weighted by Crippen LogP contribution is -2.35. The van der Waals surface area contributed by atoms with E-state index in [-0.39, 0.29) is 0 Å². The standard InChI is InChI=1S/C11H19N/c1-3-7-10(2)12-11-8-5-4-6-9-11/h3,5,8,10-12H,1,4,6-7,9H2,2H3. The van der Waals surface area contributed by atoms with Gasteiger partial charge in [-0.05, 0) is 32.6 Å². The van der Waals surface area contributed by atoms with Crippen molar-refractivity contribution in [3.05, 3.63) is 24.8 Å². The Hall–Kier alpha value is -0.560. The first-order valence-electron chi connectivity index (χ1n) is 4.86. The van der Waals surface area contributed by atoms with E-state index in [1.165, 1.54) is 19.3 Å². The summed E-state index contributed by atoms with van der Waals surface area (Å²) in [6.45, 7) is 5.95. The van der Waals surface area contributed by atoms with Crippen LogP contribution in [0, 0.1) is 0 Å². The fraction of sp³-hybridized carbons (Fsp3) is 0.636. The van der Waals surface area contributed by atoms with Crippen molar-refractivity contribution in [3.8, 4) is 0 Å². The molecule has 2 unspecified atom stereocenters. The van der Waals surface area contributed by atoms with Crippen molar-refractivity contribution in [2.75, 3.05) is 0 Å². The molecule has 68 valence electrons. The Morgan fingerprint density at radius 1 is 1.75 bits per heavy atom. The summed E-state index contributed by atoms with van der Waals surface area (Å²) in [5.74, 6) is 0. The van der Waals surface area contributed by atoms with Crippen LogP contribution < -0.4 is 5.32 Å². The minimum absolute atomic E-state index is 0.565. The molecule has 12 heavy (non-hydrogen) atoms. The molecule has 0 spiro atoms. The van der Waals surface area contributed by atoms with Crippen LogP contribution >= 0.6 is 0 Å². The SMILES string of the molecule is C=CCC(C)NC1C=CCCC1. The maximum atomic E-state index is 3.74.